The van der Waals surface area contributed by atoms with Crippen LogP contribution in [-0.4, -0.2) is 156 Å². The summed E-state index contributed by atoms with van der Waals surface area (Å²) in [5.41, 5.74) is 13.4. The number of piperidine rings is 1. The summed E-state index contributed by atoms with van der Waals surface area (Å²) in [7, 11) is 6.36. The van der Waals surface area contributed by atoms with E-state index in [2.05, 4.69) is 9.98 Å². The Morgan fingerprint density at radius 3 is 2.25 bits per heavy atom. The van der Waals surface area contributed by atoms with Crippen molar-refractivity contribution in [2.24, 2.45) is 57.0 Å². The topological polar surface area (TPSA) is 266 Å². The smallest absolute Gasteiger partial charge is 0.329 e. The average molecular weight is 1020 g/mol. The molecule has 0 aromatic rings. The van der Waals surface area contributed by atoms with Crippen molar-refractivity contribution in [3.63, 3.8) is 0 Å². The lowest BCUT2D eigenvalue weighted by atomic mass is 9.78. The number of guanidine groups is 2. The molecule has 1 saturated carbocycles. The van der Waals surface area contributed by atoms with E-state index in [1.54, 1.807) is 53.0 Å². The number of aliphatic hydroxyl groups excluding tert-OH is 2. The van der Waals surface area contributed by atoms with Gasteiger partial charge in [-0.25, -0.2) is 9.79 Å². The van der Waals surface area contributed by atoms with Crippen molar-refractivity contribution in [2.45, 2.75) is 194 Å². The first-order chi connectivity index (χ1) is 33.8. The molecule has 18 nitrogen and oxygen atoms in total. The molecule has 0 aromatic heterocycles. The van der Waals surface area contributed by atoms with Crippen molar-refractivity contribution in [1.29, 1.82) is 0 Å². The molecule has 0 aromatic carbocycles. The maximum absolute atomic E-state index is 14.5. The van der Waals surface area contributed by atoms with E-state index in [1.807, 2.05) is 59.8 Å². The van der Waals surface area contributed by atoms with Crippen LogP contribution in [0.1, 0.15) is 139 Å². The van der Waals surface area contributed by atoms with E-state index in [-0.39, 0.29) is 79.1 Å². The summed E-state index contributed by atoms with van der Waals surface area (Å²) < 4.78 is 23.5. The molecule has 72 heavy (non-hydrogen) atoms. The molecule has 3 fully saturated rings. The second-order valence-electron chi connectivity index (χ2n) is 21.4. The average Bonchev–Trinajstić information content (AvgIpc) is 3.33. The Hall–Kier alpha value is -4.33. The number of Topliss-reactive ketones (excluding diaryl/α,β-unsaturated/α-hetero) is 3. The Morgan fingerprint density at radius 2 is 1.64 bits per heavy atom. The quantitative estimate of drug-likeness (QED) is 0.0208. The van der Waals surface area contributed by atoms with E-state index in [0.29, 0.717) is 63.4 Å². The van der Waals surface area contributed by atoms with Gasteiger partial charge >= 0.3 is 5.97 Å². The highest BCUT2D eigenvalue weighted by molar-refractivity contribution is 6.39. The van der Waals surface area contributed by atoms with Gasteiger partial charge in [0.05, 0.1) is 24.4 Å². The van der Waals surface area contributed by atoms with Crippen LogP contribution < -0.4 is 11.5 Å². The van der Waals surface area contributed by atoms with E-state index >= 15 is 0 Å². The molecule has 0 radical (unpaired) electrons. The Bertz CT molecular complexity index is 1980. The molecule has 0 spiro atoms. The number of hydrogen-bond donors (Lipinski definition) is 5. The number of carbonyl (C=O) groups is 5. The minimum Gasteiger partial charge on any atom is -0.460 e. The standard InChI is InChI=1S/C54H90N6O12/c1-14-15-18-32(4)40(57-52(55)58-53(56)59(10)11)29-39-22-20-37(9)54(68,72-39)49(65)50(66)60-24-17-16-19-41(60)51(67)71-44(34(6)27-38-21-23-42(61)45(28-38)69-12)30-43(62)33(5)26-36(8)47(64)48(70-13)46(63)35(7)25-31(2)3/h14-15,18,26,31,33-35,37-42,44-45,47-48,61,64,68H,16-17,19-25,27-30H2,1-13H3,(H4,55,56,57,58)/b15-14+,32-18-,36-26+/t33-,34?,35-,37-,38-,39+,40+,41+,42-,44+,45-,47-,48+,54-/m1/s1. The van der Waals surface area contributed by atoms with Crippen molar-refractivity contribution in [3.8, 4) is 0 Å². The SMILES string of the molecule is C/C=C/C=C(/C)[C@H](C[C@@H]1CC[C@@H](C)[C@](O)(C(=O)C(=O)N2CCCC[C@H]2C(=O)O[C@@H](CC(=O)[C@H](C)/C=C(\C)[C@@H](O)[C@@H](OC)C(=O)[C@H](C)CC(C)C)C(C)C[C@H]2CC[C@@H](O)[C@H](OC)C2)O1)N=C(N)N=C(N)N(C)C. The molecule has 1 aliphatic carbocycles. The highest BCUT2D eigenvalue weighted by Gasteiger charge is 2.53. The molecule has 14 atom stereocenters. The number of ether oxygens (including phenoxy) is 4. The van der Waals surface area contributed by atoms with Crippen molar-refractivity contribution in [2.75, 3.05) is 34.9 Å². The summed E-state index contributed by atoms with van der Waals surface area (Å²) in [5, 5.41) is 33.9. The van der Waals surface area contributed by atoms with Crippen LogP contribution in [0, 0.1) is 35.5 Å². The third-order valence-electron chi connectivity index (χ3n) is 14.8. The third kappa shape index (κ3) is 17.4. The zero-order valence-electron chi connectivity index (χ0n) is 45.5. The minimum atomic E-state index is -2.52. The van der Waals surface area contributed by atoms with E-state index in [0.717, 1.165) is 10.5 Å². The molecular formula is C54H90N6O12. The predicted octanol–water partition coefficient (Wildman–Crippen LogP) is 5.20. The summed E-state index contributed by atoms with van der Waals surface area (Å²) in [4.78, 5) is 82.3. The van der Waals surface area contributed by atoms with Crippen molar-refractivity contribution < 1.29 is 58.2 Å². The maximum Gasteiger partial charge on any atom is 0.329 e. The molecule has 2 heterocycles. The maximum atomic E-state index is 14.5. The molecule has 18 heteroatoms. The van der Waals surface area contributed by atoms with Crippen LogP contribution in [0.5, 0.6) is 0 Å². The first-order valence-corrected chi connectivity index (χ1v) is 26.1. The van der Waals surface area contributed by atoms with Crippen molar-refractivity contribution in [1.82, 2.24) is 9.80 Å². The number of likely N-dealkylation sites (tertiary alicyclic amines) is 1. The number of methoxy groups -OCH3 is 2. The van der Waals surface area contributed by atoms with Crippen LogP contribution in [0.15, 0.2) is 45.4 Å². The third-order valence-corrected chi connectivity index (χ3v) is 14.8. The number of rotatable bonds is 24. The summed E-state index contributed by atoms with van der Waals surface area (Å²) in [6, 6.07) is -1.77. The van der Waals surface area contributed by atoms with Gasteiger partial charge in [0, 0.05) is 65.5 Å². The highest BCUT2D eigenvalue weighted by Crippen LogP contribution is 2.38. The Kier molecular flexibility index (Phi) is 24.9. The number of aliphatic imine (C=N–C) groups is 2. The second kappa shape index (κ2) is 28.9. The lowest BCUT2D eigenvalue weighted by Gasteiger charge is -2.42. The van der Waals surface area contributed by atoms with Crippen LogP contribution in [0.4, 0.5) is 0 Å². The number of esters is 1. The van der Waals surface area contributed by atoms with Gasteiger partial charge in [0.25, 0.3) is 11.7 Å². The fourth-order valence-electron chi connectivity index (χ4n) is 10.2. The Morgan fingerprint density at radius 1 is 0.958 bits per heavy atom. The largest absolute Gasteiger partial charge is 0.460 e. The normalized spacial score (nSPS) is 27.9. The van der Waals surface area contributed by atoms with Gasteiger partial charge in [-0.3, -0.25) is 19.2 Å². The first kappa shape index (κ1) is 62.0. The van der Waals surface area contributed by atoms with Crippen LogP contribution in [-0.2, 0) is 42.9 Å². The number of amides is 1. The van der Waals surface area contributed by atoms with Gasteiger partial charge in [-0.1, -0.05) is 65.8 Å². The van der Waals surface area contributed by atoms with Crippen LogP contribution in [0.3, 0.4) is 0 Å². The molecule has 408 valence electrons. The zero-order valence-corrected chi connectivity index (χ0v) is 45.5. The van der Waals surface area contributed by atoms with Gasteiger partial charge in [0.15, 0.2) is 11.7 Å². The Balaban J connectivity index is 1.90. The molecule has 1 unspecified atom stereocenters. The summed E-state index contributed by atoms with van der Waals surface area (Å²) >= 11 is 0. The van der Waals surface area contributed by atoms with Crippen LogP contribution >= 0.6 is 0 Å². The van der Waals surface area contributed by atoms with E-state index < -0.39 is 77.9 Å². The van der Waals surface area contributed by atoms with Gasteiger partial charge in [-0.05, 0) is 114 Å². The molecule has 0 bridgehead atoms. The number of aliphatic hydroxyl groups is 3. The summed E-state index contributed by atoms with van der Waals surface area (Å²) in [5.74, 6) is -7.89. The van der Waals surface area contributed by atoms with Crippen molar-refractivity contribution >= 4 is 41.1 Å². The number of carbonyl (C=O) groups excluding carboxylic acids is 5. The number of hydrogen-bond acceptors (Lipinski definition) is 13. The molecule has 2 saturated heterocycles. The van der Waals surface area contributed by atoms with Gasteiger partial charge in [0.2, 0.25) is 11.7 Å². The second-order valence-corrected chi connectivity index (χ2v) is 21.4. The first-order valence-electron chi connectivity index (χ1n) is 26.1. The summed E-state index contributed by atoms with van der Waals surface area (Å²) in [6.45, 7) is 16.5. The molecule has 1 amide bonds. The zero-order chi connectivity index (χ0) is 54.2. The predicted molar refractivity (Wildman–Crippen MR) is 277 cm³/mol. The van der Waals surface area contributed by atoms with Gasteiger partial charge in [-0.2, -0.15) is 4.99 Å². The van der Waals surface area contributed by atoms with Gasteiger partial charge in [-0.15, -0.1) is 0 Å². The lowest BCUT2D eigenvalue weighted by molar-refractivity contribution is -0.263. The van der Waals surface area contributed by atoms with E-state index in [1.165, 1.54) is 7.11 Å². The van der Waals surface area contributed by atoms with Crippen molar-refractivity contribution in [3.05, 3.63) is 35.5 Å². The fraction of sp³-hybridized carbons (Fsp3) is 0.759. The van der Waals surface area contributed by atoms with Crippen LogP contribution in [0.25, 0.3) is 0 Å². The fourth-order valence-corrected chi connectivity index (χ4v) is 10.2. The minimum absolute atomic E-state index is 0.0481. The molecule has 3 rings (SSSR count). The molecule has 2 aliphatic heterocycles. The van der Waals surface area contributed by atoms with Gasteiger partial charge < -0.3 is 55.5 Å². The molecule has 7 N–H and O–H groups in total. The number of nitrogens with two attached hydrogens (primary N) is 2. The molecular weight excluding hydrogens is 925 g/mol. The summed E-state index contributed by atoms with van der Waals surface area (Å²) in [6.07, 6.45) is 7.12. The van der Waals surface area contributed by atoms with E-state index in [4.69, 9.17) is 30.4 Å². The van der Waals surface area contributed by atoms with Gasteiger partial charge in [0.1, 0.15) is 30.1 Å². The Labute approximate surface area is 429 Å². The lowest BCUT2D eigenvalue weighted by Crippen LogP contribution is -2.61. The number of ketones is 3. The molecule has 3 aliphatic rings. The highest BCUT2D eigenvalue weighted by atomic mass is 16.6. The number of allylic oxidation sites excluding steroid dienone is 4. The monoisotopic (exact) mass is 1010 g/mol. The number of nitrogens with zero attached hydrogens (tertiary/aromatic N) is 4. The van der Waals surface area contributed by atoms with E-state index in [9.17, 15) is 39.3 Å². The van der Waals surface area contributed by atoms with Crippen LogP contribution in [0.2, 0.25) is 0 Å².